The monoisotopic (exact) mass is 595 g/mol. The van der Waals surface area contributed by atoms with Gasteiger partial charge in [-0.25, -0.2) is 19.8 Å². The molecule has 9 nitrogen and oxygen atoms in total. The summed E-state index contributed by atoms with van der Waals surface area (Å²) in [7, 11) is 1.39. The van der Waals surface area contributed by atoms with Crippen molar-refractivity contribution in [1.82, 2.24) is 14.8 Å². The Morgan fingerprint density at radius 3 is 2.44 bits per heavy atom. The lowest BCUT2D eigenvalue weighted by Crippen LogP contribution is -2.46. The van der Waals surface area contributed by atoms with Crippen molar-refractivity contribution in [1.29, 1.82) is 0 Å². The van der Waals surface area contributed by atoms with Crippen LogP contribution >= 0.6 is 0 Å². The number of carbonyl (C=O) groups excluding carboxylic acids is 1. The highest BCUT2D eigenvalue weighted by Gasteiger charge is 2.41. The van der Waals surface area contributed by atoms with Gasteiger partial charge in [-0.1, -0.05) is 55.8 Å². The highest BCUT2D eigenvalue weighted by molar-refractivity contribution is 6.51. The number of aryl methyl sites for hydroxylation is 2. The van der Waals surface area contributed by atoms with Gasteiger partial charge < -0.3 is 15.0 Å². The van der Waals surface area contributed by atoms with E-state index in [1.165, 1.54) is 12.7 Å². The molecule has 1 N–H and O–H groups in total. The van der Waals surface area contributed by atoms with E-state index in [2.05, 4.69) is 52.5 Å². The van der Waals surface area contributed by atoms with E-state index in [1.807, 2.05) is 55.5 Å². The first kappa shape index (κ1) is 28.2. The van der Waals surface area contributed by atoms with Crippen molar-refractivity contribution in [2.45, 2.75) is 39.2 Å². The molecule has 2 aliphatic rings. The average molecular weight is 596 g/mol. The van der Waals surface area contributed by atoms with Gasteiger partial charge in [-0.2, -0.15) is 9.78 Å². The van der Waals surface area contributed by atoms with Crippen molar-refractivity contribution in [3.8, 4) is 5.82 Å². The molecule has 7 rings (SSSR count). The highest BCUT2D eigenvalue weighted by Crippen LogP contribution is 2.48. The van der Waals surface area contributed by atoms with Crippen molar-refractivity contribution >= 4 is 40.5 Å². The molecule has 3 aromatic carbocycles. The van der Waals surface area contributed by atoms with Crippen molar-refractivity contribution in [2.24, 2.45) is 9.98 Å². The molecule has 1 atom stereocenters. The third kappa shape index (κ3) is 5.16. The number of anilines is 2. The number of carbonyl (C=O) groups is 1. The van der Waals surface area contributed by atoms with Gasteiger partial charge in [0.1, 0.15) is 0 Å². The third-order valence-electron chi connectivity index (χ3n) is 8.19. The summed E-state index contributed by atoms with van der Waals surface area (Å²) in [6.45, 7) is 4.21. The van der Waals surface area contributed by atoms with E-state index in [0.29, 0.717) is 28.9 Å². The van der Waals surface area contributed by atoms with Crippen molar-refractivity contribution < 1.29 is 9.53 Å². The molecule has 0 spiro atoms. The van der Waals surface area contributed by atoms with Crippen LogP contribution in [0.5, 0.6) is 0 Å². The topological polar surface area (TPSA) is 97.0 Å². The first-order valence-electron chi connectivity index (χ1n) is 15.2. The summed E-state index contributed by atoms with van der Waals surface area (Å²) in [5.41, 5.74) is 7.22. The normalized spacial score (nSPS) is 14.9. The number of hydrogen-bond donors (Lipinski definition) is 1. The average Bonchev–Trinajstić information content (AvgIpc) is 3.43. The van der Waals surface area contributed by atoms with E-state index in [1.54, 1.807) is 23.0 Å². The van der Waals surface area contributed by atoms with Gasteiger partial charge in [0.25, 0.3) is 0 Å². The Balaban J connectivity index is 1.41. The number of nitrogens with zero attached hydrogens (tertiary/aromatic N) is 6. The fraction of sp³-hybridized carbons (Fsp3) is 0.194. The molecule has 4 heterocycles. The lowest BCUT2D eigenvalue weighted by molar-refractivity contribution is 0.0600. The van der Waals surface area contributed by atoms with Crippen LogP contribution in [0.1, 0.15) is 58.5 Å². The van der Waals surface area contributed by atoms with E-state index in [4.69, 9.17) is 19.8 Å². The zero-order valence-electron chi connectivity index (χ0n) is 25.4. The number of rotatable bonds is 7. The van der Waals surface area contributed by atoms with Crippen molar-refractivity contribution in [3.63, 3.8) is 0 Å². The molecule has 0 bridgehead atoms. The number of esters is 1. The maximum atomic E-state index is 12.3. The molecule has 0 fully saturated rings. The van der Waals surface area contributed by atoms with Gasteiger partial charge in [-0.3, -0.25) is 0 Å². The standard InChI is InChI=1S/C36H33N7O2/c1-4-5-10-24-14-20-27(21-15-24)38-33-35-40-34-31(23(2)41-43(34)30-13-8-9-22-37-30)32(25-16-18-26(19-17-25)36(44)45-3)42(35)29-12-7-6-11-28(29)39-33/h6-9,11-22,32H,4-5,10H2,1-3H3,(H,38,39)/t32-/m1/s1. The number of amidine groups is 2. The van der Waals surface area contributed by atoms with Crippen molar-refractivity contribution in [3.05, 3.63) is 125 Å². The van der Waals surface area contributed by atoms with E-state index in [-0.39, 0.29) is 12.0 Å². The van der Waals surface area contributed by atoms with Gasteiger partial charge in [0.15, 0.2) is 23.3 Å². The number of para-hydroxylation sites is 2. The largest absolute Gasteiger partial charge is 0.465 e. The number of hydrogen-bond acceptors (Lipinski definition) is 8. The Bertz CT molecular complexity index is 1930. The van der Waals surface area contributed by atoms with Crippen LogP contribution in [-0.2, 0) is 11.2 Å². The molecule has 9 heteroatoms. The van der Waals surface area contributed by atoms with Crippen LogP contribution in [0.25, 0.3) is 5.82 Å². The van der Waals surface area contributed by atoms with E-state index < -0.39 is 0 Å². The molecule has 0 radical (unpaired) electrons. The van der Waals surface area contributed by atoms with Gasteiger partial charge in [-0.15, -0.1) is 0 Å². The molecule has 224 valence electrons. The van der Waals surface area contributed by atoms with E-state index >= 15 is 0 Å². The second-order valence-corrected chi connectivity index (χ2v) is 11.1. The van der Waals surface area contributed by atoms with Crippen LogP contribution in [0.3, 0.4) is 0 Å². The minimum absolute atomic E-state index is 0.318. The molecule has 0 amide bonds. The molecular formula is C36H33N7O2. The van der Waals surface area contributed by atoms with Crippen LogP contribution in [0.4, 0.5) is 22.9 Å². The summed E-state index contributed by atoms with van der Waals surface area (Å²) in [5, 5.41) is 8.52. The Hall–Kier alpha value is -5.57. The Kier molecular flexibility index (Phi) is 7.42. The maximum absolute atomic E-state index is 12.3. The van der Waals surface area contributed by atoms with E-state index in [0.717, 1.165) is 53.1 Å². The molecule has 0 saturated heterocycles. The molecule has 2 aliphatic heterocycles. The number of pyridine rings is 1. The van der Waals surface area contributed by atoms with Gasteiger partial charge in [0, 0.05) is 17.4 Å². The summed E-state index contributed by atoms with van der Waals surface area (Å²) >= 11 is 0. The quantitative estimate of drug-likeness (QED) is 0.196. The number of aliphatic imine (C=N–C) groups is 2. The van der Waals surface area contributed by atoms with Gasteiger partial charge in [-0.05, 0) is 79.4 Å². The fourth-order valence-electron chi connectivity index (χ4n) is 5.94. The molecular weight excluding hydrogens is 562 g/mol. The lowest BCUT2D eigenvalue weighted by Gasteiger charge is -2.40. The molecule has 2 aromatic heterocycles. The minimum atomic E-state index is -0.380. The lowest BCUT2D eigenvalue weighted by atomic mass is 9.92. The molecule has 0 saturated carbocycles. The van der Waals surface area contributed by atoms with Crippen LogP contribution in [-0.4, -0.2) is 39.5 Å². The third-order valence-corrected chi connectivity index (χ3v) is 8.19. The minimum Gasteiger partial charge on any atom is -0.465 e. The number of fused-ring (bicyclic) bond motifs is 4. The first-order chi connectivity index (χ1) is 22.1. The summed E-state index contributed by atoms with van der Waals surface area (Å²) in [4.78, 5) is 29.5. The van der Waals surface area contributed by atoms with Gasteiger partial charge >= 0.3 is 5.97 Å². The van der Waals surface area contributed by atoms with E-state index in [9.17, 15) is 4.79 Å². The van der Waals surface area contributed by atoms with Crippen LogP contribution in [0.15, 0.2) is 107 Å². The number of methoxy groups -OCH3 is 1. The number of nitrogens with one attached hydrogen (secondary N) is 1. The predicted octanol–water partition coefficient (Wildman–Crippen LogP) is 7.50. The first-order valence-corrected chi connectivity index (χ1v) is 15.2. The zero-order valence-corrected chi connectivity index (χ0v) is 25.4. The molecule has 45 heavy (non-hydrogen) atoms. The molecule has 0 unspecified atom stereocenters. The molecule has 0 aliphatic carbocycles. The Morgan fingerprint density at radius 1 is 0.933 bits per heavy atom. The summed E-state index contributed by atoms with van der Waals surface area (Å²) in [6.07, 6.45) is 5.13. The number of unbranched alkanes of at least 4 members (excludes halogenated alkanes) is 1. The predicted molar refractivity (Wildman–Crippen MR) is 178 cm³/mol. The smallest absolute Gasteiger partial charge is 0.337 e. The summed E-state index contributed by atoms with van der Waals surface area (Å²) in [6, 6.07) is 29.6. The Morgan fingerprint density at radius 2 is 1.71 bits per heavy atom. The summed E-state index contributed by atoms with van der Waals surface area (Å²) < 4.78 is 6.76. The van der Waals surface area contributed by atoms with Crippen LogP contribution in [0, 0.1) is 6.92 Å². The van der Waals surface area contributed by atoms with Crippen molar-refractivity contribution in [2.75, 3.05) is 17.3 Å². The maximum Gasteiger partial charge on any atom is 0.337 e. The second kappa shape index (κ2) is 11.8. The number of aromatic nitrogens is 3. The molecule has 5 aromatic rings. The van der Waals surface area contributed by atoms with Crippen LogP contribution in [0.2, 0.25) is 0 Å². The van der Waals surface area contributed by atoms with Crippen LogP contribution < -0.4 is 10.2 Å². The van der Waals surface area contributed by atoms with Gasteiger partial charge in [0.2, 0.25) is 0 Å². The second-order valence-electron chi connectivity index (χ2n) is 11.1. The zero-order chi connectivity index (χ0) is 30.9. The Labute approximate surface area is 261 Å². The summed E-state index contributed by atoms with van der Waals surface area (Å²) in [5.74, 6) is 2.27. The highest BCUT2D eigenvalue weighted by atomic mass is 16.5. The number of benzene rings is 3. The number of ether oxygens (including phenoxy) is 1. The SMILES string of the molecule is CCCCc1ccc(NC2=Nc3ccccc3N3C2=Nc2c(c(C)nn2-c2ccccn2)[C@H]3c2ccc(C(=O)OC)cc2)cc1. The van der Waals surface area contributed by atoms with Gasteiger partial charge in [0.05, 0.1) is 35.8 Å². The fourth-order valence-corrected chi connectivity index (χ4v) is 5.94.